The van der Waals surface area contributed by atoms with E-state index >= 15 is 0 Å². The normalized spacial score (nSPS) is 11.1. The molecule has 3 N–H and O–H groups in total. The molecule has 0 bridgehead atoms. The van der Waals surface area contributed by atoms with Gasteiger partial charge in [0.2, 0.25) is 5.65 Å². The van der Waals surface area contributed by atoms with E-state index in [9.17, 15) is 4.39 Å². The second kappa shape index (κ2) is 5.82. The van der Waals surface area contributed by atoms with Crippen LogP contribution in [0.3, 0.4) is 0 Å². The first kappa shape index (κ1) is 15.0. The molecule has 0 fully saturated rings. The Morgan fingerprint density at radius 3 is 2.96 bits per heavy atom. The van der Waals surface area contributed by atoms with Gasteiger partial charge in [-0.3, -0.25) is 0 Å². The number of halogens is 1. The highest BCUT2D eigenvalue weighted by Gasteiger charge is 2.13. The van der Waals surface area contributed by atoms with E-state index in [1.807, 2.05) is 0 Å². The molecule has 0 radical (unpaired) electrons. The number of anilines is 1. The van der Waals surface area contributed by atoms with E-state index in [2.05, 4.69) is 30.6 Å². The molecule has 9 nitrogen and oxygen atoms in total. The molecular formula is C15H13FN8O. The molecule has 0 amide bonds. The van der Waals surface area contributed by atoms with Crippen molar-refractivity contribution in [2.75, 3.05) is 5.73 Å². The number of nitrogens with two attached hydrogens (primary N) is 1. The summed E-state index contributed by atoms with van der Waals surface area (Å²) in [5, 5.41) is 19.0. The summed E-state index contributed by atoms with van der Waals surface area (Å²) in [6.07, 6.45) is 0. The smallest absolute Gasteiger partial charge is 0.207 e. The summed E-state index contributed by atoms with van der Waals surface area (Å²) in [7, 11) is 0. The van der Waals surface area contributed by atoms with Gasteiger partial charge in [0.15, 0.2) is 11.3 Å². The summed E-state index contributed by atoms with van der Waals surface area (Å²) in [5.74, 6) is 0.360. The number of rotatable bonds is 4. The predicted octanol–water partition coefficient (Wildman–Crippen LogP) is 1.54. The summed E-state index contributed by atoms with van der Waals surface area (Å²) >= 11 is 0. The SMILES string of the molecule is Cc1nn(-c2cccc(F)c2)nc1COc1cc(N)nc2n[nH]nc12. The van der Waals surface area contributed by atoms with Gasteiger partial charge in [0.1, 0.15) is 23.9 Å². The zero-order valence-electron chi connectivity index (χ0n) is 13.1. The highest BCUT2D eigenvalue weighted by molar-refractivity contribution is 5.78. The third-order valence-electron chi connectivity index (χ3n) is 3.56. The molecule has 3 aromatic heterocycles. The largest absolute Gasteiger partial charge is 0.485 e. The van der Waals surface area contributed by atoms with E-state index in [1.54, 1.807) is 25.1 Å². The molecule has 0 atom stereocenters. The van der Waals surface area contributed by atoms with Crippen molar-refractivity contribution in [1.29, 1.82) is 0 Å². The standard InChI is InChI=1S/C15H13FN8O/c1-8-11(22-24(21-8)10-4-2-3-9(16)5-10)7-25-12-6-13(17)18-15-14(12)19-23-20-15/h2-6H,7H2,1H3,(H3,17,18,19,20,23). The molecule has 0 unspecified atom stereocenters. The maximum Gasteiger partial charge on any atom is 0.207 e. The molecule has 0 saturated carbocycles. The number of ether oxygens (including phenoxy) is 1. The van der Waals surface area contributed by atoms with Crippen LogP contribution in [-0.4, -0.2) is 35.4 Å². The lowest BCUT2D eigenvalue weighted by atomic mass is 10.3. The second-order valence-corrected chi connectivity index (χ2v) is 5.33. The Balaban J connectivity index is 1.60. The van der Waals surface area contributed by atoms with Crippen molar-refractivity contribution in [3.8, 4) is 11.4 Å². The van der Waals surface area contributed by atoms with Gasteiger partial charge >= 0.3 is 0 Å². The lowest BCUT2D eigenvalue weighted by molar-refractivity contribution is 0.303. The number of pyridine rings is 1. The number of benzene rings is 1. The first-order valence-corrected chi connectivity index (χ1v) is 7.39. The molecule has 0 aliphatic carbocycles. The molecule has 25 heavy (non-hydrogen) atoms. The maximum atomic E-state index is 13.4. The lowest BCUT2D eigenvalue weighted by Gasteiger charge is -2.05. The lowest BCUT2D eigenvalue weighted by Crippen LogP contribution is -2.02. The van der Waals surface area contributed by atoms with E-state index < -0.39 is 0 Å². The van der Waals surface area contributed by atoms with Crippen LogP contribution in [-0.2, 0) is 6.61 Å². The van der Waals surface area contributed by atoms with E-state index in [4.69, 9.17) is 10.5 Å². The Morgan fingerprint density at radius 1 is 1.24 bits per heavy atom. The molecule has 0 aliphatic heterocycles. The van der Waals surface area contributed by atoms with Crippen molar-refractivity contribution < 1.29 is 9.13 Å². The number of aryl methyl sites for hydroxylation is 1. The number of H-pyrrole nitrogens is 1. The van der Waals surface area contributed by atoms with Crippen LogP contribution in [0.2, 0.25) is 0 Å². The van der Waals surface area contributed by atoms with Crippen LogP contribution in [0.5, 0.6) is 5.75 Å². The Labute approximate surface area is 140 Å². The average molecular weight is 340 g/mol. The van der Waals surface area contributed by atoms with Gasteiger partial charge in [-0.1, -0.05) is 6.07 Å². The summed E-state index contributed by atoms with van der Waals surface area (Å²) in [5.41, 5.74) is 8.39. The van der Waals surface area contributed by atoms with Crippen molar-refractivity contribution in [1.82, 2.24) is 35.4 Å². The third kappa shape index (κ3) is 2.84. The number of nitrogen functional groups attached to an aromatic ring is 1. The van der Waals surface area contributed by atoms with Crippen molar-refractivity contribution in [3.05, 3.63) is 47.5 Å². The fraction of sp³-hybridized carbons (Fsp3) is 0.133. The Morgan fingerprint density at radius 2 is 2.12 bits per heavy atom. The van der Waals surface area contributed by atoms with E-state index in [0.717, 1.165) is 0 Å². The van der Waals surface area contributed by atoms with Crippen molar-refractivity contribution in [3.63, 3.8) is 0 Å². The maximum absolute atomic E-state index is 13.4. The number of nitrogens with one attached hydrogen (secondary N) is 1. The Bertz CT molecular complexity index is 1060. The van der Waals surface area contributed by atoms with Crippen molar-refractivity contribution in [2.45, 2.75) is 13.5 Å². The van der Waals surface area contributed by atoms with Crippen molar-refractivity contribution >= 4 is 17.0 Å². The fourth-order valence-electron chi connectivity index (χ4n) is 2.34. The molecule has 0 aliphatic rings. The molecule has 4 rings (SSSR count). The van der Waals surface area contributed by atoms with Gasteiger partial charge in [0.25, 0.3) is 0 Å². The van der Waals surface area contributed by atoms with Crippen LogP contribution in [0.1, 0.15) is 11.4 Å². The molecule has 0 saturated heterocycles. The number of aromatic amines is 1. The van der Waals surface area contributed by atoms with Crippen LogP contribution in [0.4, 0.5) is 10.2 Å². The fourth-order valence-corrected chi connectivity index (χ4v) is 2.34. The van der Waals surface area contributed by atoms with Crippen LogP contribution in [0.15, 0.2) is 30.3 Å². The zero-order valence-corrected chi connectivity index (χ0v) is 13.1. The van der Waals surface area contributed by atoms with Crippen LogP contribution in [0.25, 0.3) is 16.9 Å². The van der Waals surface area contributed by atoms with Crippen LogP contribution in [0, 0.1) is 12.7 Å². The van der Waals surface area contributed by atoms with Crippen LogP contribution < -0.4 is 10.5 Å². The number of hydrogen-bond donors (Lipinski definition) is 2. The van der Waals surface area contributed by atoms with E-state index in [-0.39, 0.29) is 18.2 Å². The van der Waals surface area contributed by atoms with Gasteiger partial charge in [-0.15, -0.1) is 10.2 Å². The van der Waals surface area contributed by atoms with Crippen LogP contribution >= 0.6 is 0 Å². The summed E-state index contributed by atoms with van der Waals surface area (Å²) in [4.78, 5) is 5.41. The van der Waals surface area contributed by atoms with Gasteiger partial charge in [0.05, 0.1) is 11.4 Å². The first-order chi connectivity index (χ1) is 12.1. The number of aromatic nitrogens is 7. The van der Waals surface area contributed by atoms with Gasteiger partial charge in [0, 0.05) is 12.1 Å². The van der Waals surface area contributed by atoms with Crippen molar-refractivity contribution in [2.24, 2.45) is 0 Å². The first-order valence-electron chi connectivity index (χ1n) is 7.39. The average Bonchev–Trinajstić information content (AvgIpc) is 3.19. The minimum Gasteiger partial charge on any atom is -0.485 e. The molecule has 10 heteroatoms. The molecule has 0 spiro atoms. The van der Waals surface area contributed by atoms with Gasteiger partial charge < -0.3 is 10.5 Å². The second-order valence-electron chi connectivity index (χ2n) is 5.33. The topological polar surface area (TPSA) is 120 Å². The van der Waals surface area contributed by atoms with E-state index in [0.29, 0.717) is 34.0 Å². The molecule has 4 aromatic rings. The van der Waals surface area contributed by atoms with Gasteiger partial charge in [-0.2, -0.15) is 20.2 Å². The minimum absolute atomic E-state index is 0.145. The summed E-state index contributed by atoms with van der Waals surface area (Å²) in [6, 6.07) is 7.60. The molecule has 3 heterocycles. The van der Waals surface area contributed by atoms with E-state index in [1.165, 1.54) is 16.9 Å². The van der Waals surface area contributed by atoms with Gasteiger partial charge in [-0.25, -0.2) is 9.37 Å². The quantitative estimate of drug-likeness (QED) is 0.578. The summed E-state index contributed by atoms with van der Waals surface area (Å²) < 4.78 is 19.1. The highest BCUT2D eigenvalue weighted by Crippen LogP contribution is 2.24. The third-order valence-corrected chi connectivity index (χ3v) is 3.56. The molecule has 1 aromatic carbocycles. The number of fused-ring (bicyclic) bond motifs is 1. The minimum atomic E-state index is -0.356. The Kier molecular flexibility index (Phi) is 3.49. The number of nitrogens with zero attached hydrogens (tertiary/aromatic N) is 6. The Hall–Kier alpha value is -3.56. The molecule has 126 valence electrons. The number of hydrogen-bond acceptors (Lipinski definition) is 7. The predicted molar refractivity (Wildman–Crippen MR) is 86.5 cm³/mol. The molecular weight excluding hydrogens is 327 g/mol. The summed E-state index contributed by atoms with van der Waals surface area (Å²) in [6.45, 7) is 1.95. The highest BCUT2D eigenvalue weighted by atomic mass is 19.1. The van der Waals surface area contributed by atoms with Gasteiger partial charge in [-0.05, 0) is 19.1 Å². The monoisotopic (exact) mass is 340 g/mol. The zero-order chi connectivity index (χ0) is 17.4.